The molecule has 0 unspecified atom stereocenters. The summed E-state index contributed by atoms with van der Waals surface area (Å²) in [7, 11) is 4.13. The van der Waals surface area contributed by atoms with Crippen molar-refractivity contribution < 1.29 is 14.0 Å². The number of hydrogen-bond acceptors (Lipinski definition) is 3. The molecule has 0 spiro atoms. The van der Waals surface area contributed by atoms with Crippen LogP contribution in [-0.2, 0) is 4.74 Å². The summed E-state index contributed by atoms with van der Waals surface area (Å²) in [4.78, 5) is 12.4. The fraction of sp³-hybridized carbons (Fsp3) is 0.526. The van der Waals surface area contributed by atoms with Crippen LogP contribution in [0.3, 0.4) is 0 Å². The first kappa shape index (κ1) is 19.6. The van der Waals surface area contributed by atoms with Crippen molar-refractivity contribution >= 4 is 38.8 Å². The summed E-state index contributed by atoms with van der Waals surface area (Å²) in [6.45, 7) is 16.5. The number of ether oxygens (including phenoxy) is 1. The van der Waals surface area contributed by atoms with Gasteiger partial charge in [0.25, 0.3) is 0 Å². The molecular formula is C19H28BNO3Si. The lowest BCUT2D eigenvalue weighted by Gasteiger charge is -2.36. The predicted molar refractivity (Wildman–Crippen MR) is 107 cm³/mol. The maximum absolute atomic E-state index is 12.4. The summed E-state index contributed by atoms with van der Waals surface area (Å²) in [5.41, 5.74) is 0.494. The quantitative estimate of drug-likeness (QED) is 0.738. The molecule has 4 nitrogen and oxygen atoms in total. The number of carbonyl (C=O) groups is 1. The molecule has 2 radical (unpaired) electrons. The average molecular weight is 357 g/mol. The molecule has 0 aliphatic heterocycles. The highest BCUT2D eigenvalue weighted by Gasteiger charge is 2.39. The van der Waals surface area contributed by atoms with E-state index in [1.807, 2.05) is 39.0 Å². The van der Waals surface area contributed by atoms with Crippen molar-refractivity contribution in [1.82, 2.24) is 4.57 Å². The van der Waals surface area contributed by atoms with Gasteiger partial charge in [-0.25, -0.2) is 4.79 Å². The highest BCUT2D eigenvalue weighted by molar-refractivity contribution is 6.74. The summed E-state index contributed by atoms with van der Waals surface area (Å²) in [6.07, 6.45) is -0.474. The van der Waals surface area contributed by atoms with Gasteiger partial charge in [0.1, 0.15) is 19.2 Å². The Morgan fingerprint density at radius 2 is 1.68 bits per heavy atom. The van der Waals surface area contributed by atoms with E-state index in [0.29, 0.717) is 11.1 Å². The summed E-state index contributed by atoms with van der Waals surface area (Å²) >= 11 is 0. The van der Waals surface area contributed by atoms with Crippen LogP contribution in [0.4, 0.5) is 4.79 Å². The standard InChI is InChI=1S/C19H28BNO3Si/c1-18(2,3)23-17(22)21-15-10-9-14(11-13(15)12-16(21)20)24-25(7,8)19(4,5)6/h9-12H,1-8H3. The zero-order valence-electron chi connectivity index (χ0n) is 16.6. The maximum atomic E-state index is 12.4. The molecule has 0 saturated heterocycles. The SMILES string of the molecule is [B]c1cc2cc(O[Si](C)(C)C(C)(C)C)ccc2n1C(=O)OC(C)(C)C. The minimum Gasteiger partial charge on any atom is -0.543 e. The lowest BCUT2D eigenvalue weighted by Crippen LogP contribution is -2.43. The second-order valence-electron chi connectivity index (χ2n) is 8.97. The van der Waals surface area contributed by atoms with Crippen molar-refractivity contribution in [3.05, 3.63) is 24.3 Å². The lowest BCUT2D eigenvalue weighted by molar-refractivity contribution is 0.0549. The van der Waals surface area contributed by atoms with Crippen molar-refractivity contribution in [2.45, 2.75) is 65.3 Å². The minimum atomic E-state index is -1.92. The van der Waals surface area contributed by atoms with E-state index in [4.69, 9.17) is 17.0 Å². The fourth-order valence-corrected chi connectivity index (χ4v) is 3.26. The summed E-state index contributed by atoms with van der Waals surface area (Å²) in [5, 5.41) is 0.975. The van der Waals surface area contributed by atoms with E-state index in [9.17, 15) is 4.79 Å². The van der Waals surface area contributed by atoms with Gasteiger partial charge in [0.2, 0.25) is 8.32 Å². The van der Waals surface area contributed by atoms with Gasteiger partial charge >= 0.3 is 6.09 Å². The molecule has 0 bridgehead atoms. The number of hydrogen-bond donors (Lipinski definition) is 0. The zero-order valence-corrected chi connectivity index (χ0v) is 17.6. The largest absolute Gasteiger partial charge is 0.543 e. The van der Waals surface area contributed by atoms with Gasteiger partial charge in [-0.05, 0) is 68.8 Å². The topological polar surface area (TPSA) is 40.5 Å². The van der Waals surface area contributed by atoms with Crippen LogP contribution in [0.1, 0.15) is 41.5 Å². The Morgan fingerprint density at radius 3 is 2.20 bits per heavy atom. The number of aromatic nitrogens is 1. The Bertz CT molecular complexity index is 797. The van der Waals surface area contributed by atoms with Crippen LogP contribution in [0, 0.1) is 0 Å². The van der Waals surface area contributed by atoms with E-state index >= 15 is 0 Å². The van der Waals surface area contributed by atoms with E-state index in [2.05, 4.69) is 33.9 Å². The molecular weight excluding hydrogens is 329 g/mol. The molecule has 2 rings (SSSR count). The van der Waals surface area contributed by atoms with Crippen molar-refractivity contribution in [2.24, 2.45) is 0 Å². The Balaban J connectivity index is 2.39. The molecule has 134 valence electrons. The smallest absolute Gasteiger partial charge is 0.418 e. The highest BCUT2D eigenvalue weighted by atomic mass is 28.4. The van der Waals surface area contributed by atoms with Crippen molar-refractivity contribution in [3.63, 3.8) is 0 Å². The first-order chi connectivity index (χ1) is 11.2. The van der Waals surface area contributed by atoms with E-state index in [1.54, 1.807) is 6.07 Å². The molecule has 1 heterocycles. The summed E-state index contributed by atoms with van der Waals surface area (Å²) in [5.74, 6) is 0.806. The Labute approximate surface area is 153 Å². The first-order valence-corrected chi connectivity index (χ1v) is 11.5. The molecule has 2 aromatic rings. The highest BCUT2D eigenvalue weighted by Crippen LogP contribution is 2.37. The Kier molecular flexibility index (Phi) is 4.90. The first-order valence-electron chi connectivity index (χ1n) is 8.55. The zero-order chi connectivity index (χ0) is 19.2. The van der Waals surface area contributed by atoms with Gasteiger partial charge in [-0.15, -0.1) is 0 Å². The second-order valence-corrected chi connectivity index (χ2v) is 13.7. The summed E-state index contributed by atoms with van der Waals surface area (Å²) < 4.78 is 13.2. The molecule has 1 aromatic carbocycles. The van der Waals surface area contributed by atoms with Crippen molar-refractivity contribution in [2.75, 3.05) is 0 Å². The van der Waals surface area contributed by atoms with Gasteiger partial charge in [0.15, 0.2) is 0 Å². The number of fused-ring (bicyclic) bond motifs is 1. The van der Waals surface area contributed by atoms with Crippen LogP contribution in [-0.4, -0.2) is 32.4 Å². The van der Waals surface area contributed by atoms with Crippen LogP contribution in [0.25, 0.3) is 10.9 Å². The predicted octanol–water partition coefficient (Wildman–Crippen LogP) is 4.60. The second kappa shape index (κ2) is 6.24. The van der Waals surface area contributed by atoms with Gasteiger partial charge in [-0.1, -0.05) is 20.8 Å². The Hall–Kier alpha value is -1.69. The third-order valence-electron chi connectivity index (χ3n) is 4.56. The van der Waals surface area contributed by atoms with Gasteiger partial charge in [-0.3, -0.25) is 4.57 Å². The normalized spacial score (nSPS) is 13.1. The minimum absolute atomic E-state index is 0.115. The number of rotatable bonds is 2. The summed E-state index contributed by atoms with van der Waals surface area (Å²) in [6, 6.07) is 7.46. The van der Waals surface area contributed by atoms with Crippen LogP contribution in [0.2, 0.25) is 18.1 Å². The molecule has 0 N–H and O–H groups in total. The van der Waals surface area contributed by atoms with Crippen LogP contribution >= 0.6 is 0 Å². The third kappa shape index (κ3) is 4.29. The fourth-order valence-electron chi connectivity index (χ4n) is 2.24. The molecule has 0 saturated carbocycles. The van der Waals surface area contributed by atoms with Crippen LogP contribution < -0.4 is 10.0 Å². The molecule has 0 fully saturated rings. The maximum Gasteiger partial charge on any atom is 0.418 e. The number of carbonyl (C=O) groups excluding carboxylic acids is 1. The van der Waals surface area contributed by atoms with Crippen molar-refractivity contribution in [1.29, 1.82) is 0 Å². The number of benzene rings is 1. The lowest BCUT2D eigenvalue weighted by atomic mass is 10.1. The Morgan fingerprint density at radius 1 is 1.08 bits per heavy atom. The molecule has 0 amide bonds. The molecule has 1 aromatic heterocycles. The molecule has 25 heavy (non-hydrogen) atoms. The van der Waals surface area contributed by atoms with Gasteiger partial charge in [0, 0.05) is 5.39 Å². The monoisotopic (exact) mass is 357 g/mol. The van der Waals surface area contributed by atoms with Crippen molar-refractivity contribution in [3.8, 4) is 5.75 Å². The molecule has 0 atom stereocenters. The van der Waals surface area contributed by atoms with E-state index in [1.165, 1.54) is 4.57 Å². The molecule has 0 aliphatic rings. The van der Waals surface area contributed by atoms with Gasteiger partial charge in [-0.2, -0.15) is 0 Å². The van der Waals surface area contributed by atoms with Gasteiger partial charge in [0.05, 0.1) is 5.52 Å². The van der Waals surface area contributed by atoms with E-state index < -0.39 is 20.0 Å². The average Bonchev–Trinajstić information content (AvgIpc) is 2.69. The molecule has 6 heteroatoms. The third-order valence-corrected chi connectivity index (χ3v) is 8.92. The van der Waals surface area contributed by atoms with Gasteiger partial charge < -0.3 is 9.16 Å². The van der Waals surface area contributed by atoms with Crippen LogP contribution in [0.15, 0.2) is 24.3 Å². The van der Waals surface area contributed by atoms with E-state index in [0.717, 1.165) is 11.1 Å². The van der Waals surface area contributed by atoms with Crippen LogP contribution in [0.5, 0.6) is 5.75 Å². The number of nitrogens with zero attached hydrogens (tertiary/aromatic N) is 1. The molecule has 0 aliphatic carbocycles. The van der Waals surface area contributed by atoms with E-state index in [-0.39, 0.29) is 5.04 Å².